The van der Waals surface area contributed by atoms with Gasteiger partial charge in [-0.05, 0) is 5.56 Å². The minimum atomic E-state index is -0.841. The van der Waals surface area contributed by atoms with Gasteiger partial charge in [0.15, 0.2) is 0 Å². The molecule has 1 aromatic carbocycles. The molecule has 0 atom stereocenters. The summed E-state index contributed by atoms with van der Waals surface area (Å²) < 4.78 is 0. The van der Waals surface area contributed by atoms with E-state index in [9.17, 15) is 25.0 Å². The number of carbonyl (C=O) groups is 1. The summed E-state index contributed by atoms with van der Waals surface area (Å²) in [6.07, 6.45) is 0.573. The zero-order valence-corrected chi connectivity index (χ0v) is 7.45. The van der Waals surface area contributed by atoms with Crippen molar-refractivity contribution in [3.05, 3.63) is 44.0 Å². The van der Waals surface area contributed by atoms with Gasteiger partial charge in [0, 0.05) is 18.6 Å². The molecule has 0 fully saturated rings. The predicted octanol–water partition coefficient (Wildman–Crippen LogP) is 1.24. The first-order chi connectivity index (χ1) is 7.06. The van der Waals surface area contributed by atoms with Crippen LogP contribution < -0.4 is 0 Å². The fourth-order valence-corrected chi connectivity index (χ4v) is 1.09. The van der Waals surface area contributed by atoms with Crippen molar-refractivity contribution in [3.8, 4) is 0 Å². The van der Waals surface area contributed by atoms with Crippen LogP contribution in [0.4, 0.5) is 11.4 Å². The average molecular weight is 210 g/mol. The number of benzene rings is 1. The Labute approximate surface area is 83.6 Å². The van der Waals surface area contributed by atoms with Crippen LogP contribution in [0.25, 0.3) is 0 Å². The highest BCUT2D eigenvalue weighted by molar-refractivity contribution is 5.60. The van der Waals surface area contributed by atoms with Crippen LogP contribution >= 0.6 is 0 Å². The molecule has 0 N–H and O–H groups in total. The van der Waals surface area contributed by atoms with Gasteiger partial charge in [-0.3, -0.25) is 20.2 Å². The van der Waals surface area contributed by atoms with E-state index in [2.05, 4.69) is 0 Å². The highest BCUT2D eigenvalue weighted by Gasteiger charge is 2.23. The van der Waals surface area contributed by atoms with Crippen molar-refractivity contribution < 1.29 is 14.6 Å². The van der Waals surface area contributed by atoms with E-state index >= 15 is 0 Å². The summed E-state index contributed by atoms with van der Waals surface area (Å²) in [6.45, 7) is 0. The molecule has 7 nitrogen and oxygen atoms in total. The third-order valence-corrected chi connectivity index (χ3v) is 1.75. The lowest BCUT2D eigenvalue weighted by Gasteiger charge is -1.97. The lowest BCUT2D eigenvalue weighted by Crippen LogP contribution is -1.98. The minimum absolute atomic E-state index is 0.00116. The first-order valence-corrected chi connectivity index (χ1v) is 3.91. The van der Waals surface area contributed by atoms with Crippen molar-refractivity contribution in [2.45, 2.75) is 6.42 Å². The first-order valence-electron chi connectivity index (χ1n) is 3.91. The number of nitrogens with zero attached hydrogens (tertiary/aromatic N) is 2. The largest absolute Gasteiger partial charge is 0.346 e. The third-order valence-electron chi connectivity index (χ3n) is 1.75. The van der Waals surface area contributed by atoms with Crippen LogP contribution in [0.1, 0.15) is 5.56 Å². The Bertz CT molecular complexity index is 429. The molecule has 0 aliphatic rings. The van der Waals surface area contributed by atoms with Gasteiger partial charge in [0.2, 0.25) is 0 Å². The van der Waals surface area contributed by atoms with E-state index in [0.717, 1.165) is 12.1 Å². The summed E-state index contributed by atoms with van der Waals surface area (Å²) in [5.41, 5.74) is -0.795. The molecule has 0 amide bonds. The lowest BCUT2D eigenvalue weighted by atomic mass is 10.1. The van der Waals surface area contributed by atoms with Crippen LogP contribution in [0.15, 0.2) is 18.2 Å². The lowest BCUT2D eigenvalue weighted by molar-refractivity contribution is -0.422. The first kappa shape index (κ1) is 10.8. The number of aldehydes is 1. The fraction of sp³-hybridized carbons (Fsp3) is 0.125. The van der Waals surface area contributed by atoms with Crippen molar-refractivity contribution in [3.63, 3.8) is 0 Å². The molecule has 1 aromatic rings. The minimum Gasteiger partial charge on any atom is -0.303 e. The van der Waals surface area contributed by atoms with Crippen LogP contribution in [-0.2, 0) is 11.2 Å². The maximum atomic E-state index is 10.5. The van der Waals surface area contributed by atoms with Gasteiger partial charge in [-0.25, -0.2) is 0 Å². The molecule has 0 spiro atoms. The number of hydrogen-bond acceptors (Lipinski definition) is 5. The van der Waals surface area contributed by atoms with Crippen molar-refractivity contribution in [1.82, 2.24) is 0 Å². The summed E-state index contributed by atoms with van der Waals surface area (Å²) in [6, 6.07) is 3.38. The van der Waals surface area contributed by atoms with E-state index in [0.29, 0.717) is 11.8 Å². The maximum absolute atomic E-state index is 10.5. The van der Waals surface area contributed by atoms with Crippen LogP contribution in [0, 0.1) is 20.2 Å². The molecule has 0 aliphatic heterocycles. The highest BCUT2D eigenvalue weighted by atomic mass is 16.6. The summed E-state index contributed by atoms with van der Waals surface area (Å²) in [4.78, 5) is 29.4. The standard InChI is InChI=1S/C8H6N2O5/c11-4-3-6-1-2-7(9(12)13)8(5-6)10(14)15/h1-2,4-5H,3H2. The van der Waals surface area contributed by atoms with Crippen LogP contribution in [0.5, 0.6) is 0 Å². The summed E-state index contributed by atoms with van der Waals surface area (Å²) in [5.74, 6) is 0. The Kier molecular flexibility index (Phi) is 3.06. The smallest absolute Gasteiger partial charge is 0.303 e. The topological polar surface area (TPSA) is 103 Å². The molecule has 0 radical (unpaired) electrons. The molecule has 0 bridgehead atoms. The number of nitro benzene ring substituents is 2. The summed E-state index contributed by atoms with van der Waals surface area (Å²) >= 11 is 0. The highest BCUT2D eigenvalue weighted by Crippen LogP contribution is 2.27. The van der Waals surface area contributed by atoms with Crippen LogP contribution in [0.3, 0.4) is 0 Å². The third kappa shape index (κ3) is 2.33. The molecule has 78 valence electrons. The van der Waals surface area contributed by atoms with Crippen molar-refractivity contribution >= 4 is 17.7 Å². The van der Waals surface area contributed by atoms with E-state index in [1.54, 1.807) is 0 Å². The molecule has 0 heterocycles. The van der Waals surface area contributed by atoms with Gasteiger partial charge < -0.3 is 4.79 Å². The summed E-state index contributed by atoms with van der Waals surface area (Å²) in [5, 5.41) is 20.9. The fourth-order valence-electron chi connectivity index (χ4n) is 1.09. The van der Waals surface area contributed by atoms with Gasteiger partial charge in [0.1, 0.15) is 6.29 Å². The normalized spacial score (nSPS) is 9.60. The molecule has 0 saturated heterocycles. The molecule has 0 unspecified atom stereocenters. The van der Waals surface area contributed by atoms with E-state index in [-0.39, 0.29) is 6.42 Å². The van der Waals surface area contributed by atoms with Crippen molar-refractivity contribution in [1.29, 1.82) is 0 Å². The molecule has 0 saturated carbocycles. The Hall–Kier alpha value is -2.31. The zero-order chi connectivity index (χ0) is 11.4. The van der Waals surface area contributed by atoms with Crippen molar-refractivity contribution in [2.24, 2.45) is 0 Å². The maximum Gasteiger partial charge on any atom is 0.346 e. The summed E-state index contributed by atoms with van der Waals surface area (Å²) in [7, 11) is 0. The van der Waals surface area contributed by atoms with Gasteiger partial charge in [0.25, 0.3) is 0 Å². The van der Waals surface area contributed by atoms with Gasteiger partial charge in [-0.15, -0.1) is 0 Å². The zero-order valence-electron chi connectivity index (χ0n) is 7.45. The van der Waals surface area contributed by atoms with E-state index in [4.69, 9.17) is 0 Å². The number of rotatable bonds is 4. The molecule has 15 heavy (non-hydrogen) atoms. The van der Waals surface area contributed by atoms with Gasteiger partial charge in [-0.2, -0.15) is 0 Å². The number of hydrogen-bond donors (Lipinski definition) is 0. The van der Waals surface area contributed by atoms with E-state index in [1.807, 2.05) is 0 Å². The predicted molar refractivity (Wildman–Crippen MR) is 49.5 cm³/mol. The second kappa shape index (κ2) is 4.27. The average Bonchev–Trinajstić information content (AvgIpc) is 2.17. The Morgan fingerprint density at radius 2 is 1.73 bits per heavy atom. The molecule has 0 aliphatic carbocycles. The van der Waals surface area contributed by atoms with Gasteiger partial charge in [-0.1, -0.05) is 6.07 Å². The van der Waals surface area contributed by atoms with Gasteiger partial charge in [0.05, 0.1) is 9.85 Å². The second-order valence-corrected chi connectivity index (χ2v) is 2.71. The quantitative estimate of drug-likeness (QED) is 0.422. The SMILES string of the molecule is O=CCc1ccc([N+](=O)[O-])c([N+](=O)[O-])c1. The Morgan fingerprint density at radius 1 is 1.13 bits per heavy atom. The van der Waals surface area contributed by atoms with Crippen LogP contribution in [0.2, 0.25) is 0 Å². The number of carbonyl (C=O) groups excluding carboxylic acids is 1. The molecular weight excluding hydrogens is 204 g/mol. The van der Waals surface area contributed by atoms with Crippen molar-refractivity contribution in [2.75, 3.05) is 0 Å². The Balaban J connectivity index is 3.26. The monoisotopic (exact) mass is 210 g/mol. The van der Waals surface area contributed by atoms with E-state index < -0.39 is 21.2 Å². The molecule has 7 heteroatoms. The van der Waals surface area contributed by atoms with Crippen LogP contribution in [-0.4, -0.2) is 16.1 Å². The Morgan fingerprint density at radius 3 is 2.20 bits per heavy atom. The molecule has 0 aromatic heterocycles. The van der Waals surface area contributed by atoms with Gasteiger partial charge >= 0.3 is 11.4 Å². The molecular formula is C8H6N2O5. The molecule has 1 rings (SSSR count). The number of nitro groups is 2. The second-order valence-electron chi connectivity index (χ2n) is 2.71. The van der Waals surface area contributed by atoms with E-state index in [1.165, 1.54) is 6.07 Å².